The van der Waals surface area contributed by atoms with Gasteiger partial charge in [0.15, 0.2) is 5.82 Å². The zero-order chi connectivity index (χ0) is 12.8. The Hall–Kier alpha value is -0.910. The molecule has 0 spiro atoms. The van der Waals surface area contributed by atoms with Gasteiger partial charge in [-0.2, -0.15) is 4.98 Å². The van der Waals surface area contributed by atoms with Crippen LogP contribution in [0.4, 0.5) is 0 Å². The highest BCUT2D eigenvalue weighted by atomic mass is 35.5. The first kappa shape index (κ1) is 14.5. The largest absolute Gasteiger partial charge is 0.338 e. The van der Waals surface area contributed by atoms with Crippen LogP contribution in [0.25, 0.3) is 0 Å². The van der Waals surface area contributed by atoms with E-state index < -0.39 is 0 Å². The highest BCUT2D eigenvalue weighted by molar-refractivity contribution is 7.10. The van der Waals surface area contributed by atoms with E-state index in [4.69, 9.17) is 10.3 Å². The van der Waals surface area contributed by atoms with Crippen molar-refractivity contribution in [3.05, 3.63) is 34.1 Å². The summed E-state index contributed by atoms with van der Waals surface area (Å²) in [6, 6.07) is 4.13. The van der Waals surface area contributed by atoms with Crippen LogP contribution >= 0.6 is 23.7 Å². The van der Waals surface area contributed by atoms with Gasteiger partial charge in [-0.15, -0.1) is 23.7 Å². The molecule has 1 aliphatic carbocycles. The van der Waals surface area contributed by atoms with Gasteiger partial charge in [-0.1, -0.05) is 11.2 Å². The number of nitrogens with two attached hydrogens (primary N) is 1. The smallest absolute Gasteiger partial charge is 0.237 e. The van der Waals surface area contributed by atoms with Crippen LogP contribution in [0, 0.1) is 0 Å². The maximum atomic E-state index is 6.22. The molecule has 4 nitrogen and oxygen atoms in total. The summed E-state index contributed by atoms with van der Waals surface area (Å²) in [6.07, 6.45) is 3.05. The van der Waals surface area contributed by atoms with Crippen molar-refractivity contribution in [1.29, 1.82) is 0 Å². The molecule has 19 heavy (non-hydrogen) atoms. The van der Waals surface area contributed by atoms with Crippen molar-refractivity contribution in [2.24, 2.45) is 5.73 Å². The SMILES string of the molecule is CC(C)(c1nc(C2(N)CCC2)no1)c1cccs1.Cl. The Kier molecular flexibility index (Phi) is 3.73. The summed E-state index contributed by atoms with van der Waals surface area (Å²) in [5.74, 6) is 1.31. The Balaban J connectivity index is 0.00000133. The Labute approximate surface area is 122 Å². The fourth-order valence-corrected chi connectivity index (χ4v) is 3.04. The highest BCUT2D eigenvalue weighted by Crippen LogP contribution is 2.39. The lowest BCUT2D eigenvalue weighted by Gasteiger charge is -2.34. The molecule has 0 unspecified atom stereocenters. The van der Waals surface area contributed by atoms with Crippen molar-refractivity contribution in [3.8, 4) is 0 Å². The van der Waals surface area contributed by atoms with Crippen LogP contribution in [0.15, 0.2) is 22.0 Å². The molecule has 1 fully saturated rings. The van der Waals surface area contributed by atoms with Gasteiger partial charge in [0.1, 0.15) is 0 Å². The van der Waals surface area contributed by atoms with Crippen LogP contribution < -0.4 is 5.73 Å². The number of hydrogen-bond donors (Lipinski definition) is 1. The number of nitrogens with zero attached hydrogens (tertiary/aromatic N) is 2. The van der Waals surface area contributed by atoms with Gasteiger partial charge < -0.3 is 10.3 Å². The zero-order valence-electron chi connectivity index (χ0n) is 11.0. The molecule has 104 valence electrons. The van der Waals surface area contributed by atoms with E-state index in [0.29, 0.717) is 11.7 Å². The van der Waals surface area contributed by atoms with Crippen LogP contribution in [0.3, 0.4) is 0 Å². The lowest BCUT2D eigenvalue weighted by Crippen LogP contribution is -2.44. The maximum Gasteiger partial charge on any atom is 0.237 e. The van der Waals surface area contributed by atoms with Gasteiger partial charge in [0.2, 0.25) is 5.89 Å². The van der Waals surface area contributed by atoms with Crippen LogP contribution in [0.5, 0.6) is 0 Å². The second-order valence-electron chi connectivity index (χ2n) is 5.54. The Morgan fingerprint density at radius 2 is 2.16 bits per heavy atom. The first-order valence-electron chi connectivity index (χ1n) is 6.20. The predicted molar refractivity (Wildman–Crippen MR) is 77.7 cm³/mol. The van der Waals surface area contributed by atoms with Crippen molar-refractivity contribution in [3.63, 3.8) is 0 Å². The van der Waals surface area contributed by atoms with Gasteiger partial charge in [-0.3, -0.25) is 0 Å². The molecule has 0 atom stereocenters. The monoisotopic (exact) mass is 299 g/mol. The van der Waals surface area contributed by atoms with Gasteiger partial charge in [0.05, 0.1) is 11.0 Å². The summed E-state index contributed by atoms with van der Waals surface area (Å²) in [4.78, 5) is 5.76. The fraction of sp³-hybridized carbons (Fsp3) is 0.538. The number of aromatic nitrogens is 2. The van der Waals surface area contributed by atoms with E-state index >= 15 is 0 Å². The summed E-state index contributed by atoms with van der Waals surface area (Å²) < 4.78 is 5.44. The van der Waals surface area contributed by atoms with Gasteiger partial charge >= 0.3 is 0 Å². The van der Waals surface area contributed by atoms with Gasteiger partial charge in [-0.25, -0.2) is 0 Å². The van der Waals surface area contributed by atoms with E-state index in [1.807, 2.05) is 6.07 Å². The second kappa shape index (κ2) is 4.89. The molecule has 0 bridgehead atoms. The number of rotatable bonds is 3. The first-order valence-corrected chi connectivity index (χ1v) is 7.08. The molecule has 1 saturated carbocycles. The predicted octanol–water partition coefficient (Wildman–Crippen LogP) is 3.22. The average molecular weight is 300 g/mol. The number of halogens is 1. The van der Waals surface area contributed by atoms with Gasteiger partial charge in [-0.05, 0) is 44.6 Å². The van der Waals surface area contributed by atoms with Crippen LogP contribution in [0.2, 0.25) is 0 Å². The molecular weight excluding hydrogens is 282 g/mol. The van der Waals surface area contributed by atoms with E-state index in [2.05, 4.69) is 35.4 Å². The Morgan fingerprint density at radius 3 is 2.68 bits per heavy atom. The van der Waals surface area contributed by atoms with Crippen molar-refractivity contribution in [2.75, 3.05) is 0 Å². The number of thiophene rings is 1. The summed E-state index contributed by atoms with van der Waals surface area (Å²) in [7, 11) is 0. The minimum absolute atomic E-state index is 0. The second-order valence-corrected chi connectivity index (χ2v) is 6.48. The van der Waals surface area contributed by atoms with E-state index in [0.717, 1.165) is 19.3 Å². The molecule has 0 aromatic carbocycles. The first-order chi connectivity index (χ1) is 8.52. The minimum Gasteiger partial charge on any atom is -0.338 e. The van der Waals surface area contributed by atoms with E-state index in [9.17, 15) is 0 Å². The molecule has 2 aromatic rings. The molecule has 1 aliphatic rings. The lowest BCUT2D eigenvalue weighted by atomic mass is 9.77. The average Bonchev–Trinajstić information content (AvgIpc) is 2.97. The van der Waals surface area contributed by atoms with Gasteiger partial charge in [0.25, 0.3) is 0 Å². The Morgan fingerprint density at radius 1 is 1.42 bits per heavy atom. The van der Waals surface area contributed by atoms with E-state index in [1.165, 1.54) is 4.88 Å². The van der Waals surface area contributed by atoms with E-state index in [-0.39, 0.29) is 23.4 Å². The maximum absolute atomic E-state index is 6.22. The quantitative estimate of drug-likeness (QED) is 0.945. The minimum atomic E-state index is -0.354. The van der Waals surface area contributed by atoms with Crippen LogP contribution in [-0.4, -0.2) is 10.1 Å². The summed E-state index contributed by atoms with van der Waals surface area (Å²) in [6.45, 7) is 4.19. The molecule has 2 N–H and O–H groups in total. The normalized spacial score (nSPS) is 17.6. The van der Waals surface area contributed by atoms with Crippen molar-refractivity contribution >= 4 is 23.7 Å². The molecule has 6 heteroatoms. The molecule has 0 radical (unpaired) electrons. The fourth-order valence-electron chi connectivity index (χ4n) is 2.20. The summed E-state index contributed by atoms with van der Waals surface area (Å²) in [5, 5.41) is 6.14. The third-order valence-corrected chi connectivity index (χ3v) is 4.98. The Bertz CT molecular complexity index is 546. The van der Waals surface area contributed by atoms with E-state index in [1.54, 1.807) is 11.3 Å². The molecule has 3 rings (SSSR count). The molecular formula is C13H18ClN3OS. The van der Waals surface area contributed by atoms with Crippen molar-refractivity contribution < 1.29 is 4.52 Å². The summed E-state index contributed by atoms with van der Waals surface area (Å²) >= 11 is 1.70. The summed E-state index contributed by atoms with van der Waals surface area (Å²) in [5.41, 5.74) is 5.61. The lowest BCUT2D eigenvalue weighted by molar-refractivity contribution is 0.228. The third-order valence-electron chi connectivity index (χ3n) is 3.79. The molecule has 2 aromatic heterocycles. The third kappa shape index (κ3) is 2.30. The number of hydrogen-bond acceptors (Lipinski definition) is 5. The topological polar surface area (TPSA) is 64.9 Å². The van der Waals surface area contributed by atoms with Crippen molar-refractivity contribution in [2.45, 2.75) is 44.1 Å². The molecule has 2 heterocycles. The standard InChI is InChI=1S/C13H17N3OS.ClH/c1-12(2,9-5-3-8-18-9)11-15-10(16-17-11)13(14)6-4-7-13;/h3,5,8H,4,6-7,14H2,1-2H3;1H. The highest BCUT2D eigenvalue weighted by Gasteiger charge is 2.41. The molecule has 0 amide bonds. The zero-order valence-corrected chi connectivity index (χ0v) is 12.7. The molecule has 0 saturated heterocycles. The molecule has 0 aliphatic heterocycles. The van der Waals surface area contributed by atoms with Crippen molar-refractivity contribution in [1.82, 2.24) is 10.1 Å². The van der Waals surface area contributed by atoms with Gasteiger partial charge in [0, 0.05) is 4.88 Å². The van der Waals surface area contributed by atoms with Crippen LogP contribution in [-0.2, 0) is 11.0 Å². The van der Waals surface area contributed by atoms with Crippen LogP contribution in [0.1, 0.15) is 49.7 Å².